The quantitative estimate of drug-likeness (QED) is 0.753. The number of hydrogen-bond donors (Lipinski definition) is 0. The van der Waals surface area contributed by atoms with Crippen LogP contribution in [0, 0.1) is 25.7 Å². The molecule has 88 valence electrons. The number of ketones is 1. The van der Waals surface area contributed by atoms with Gasteiger partial charge in [0.1, 0.15) is 5.78 Å². The third-order valence-corrected chi connectivity index (χ3v) is 3.38. The first kappa shape index (κ1) is 13.0. The number of Topliss-reactive ketones (excluding diaryl/α,β-unsaturated/α-hetero) is 1. The Hall–Kier alpha value is -1.11. The Balaban J connectivity index is 2.80. The van der Waals surface area contributed by atoms with Crippen LogP contribution in [0.2, 0.25) is 0 Å². The molecule has 1 heteroatoms. The molecule has 1 atom stereocenters. The van der Waals surface area contributed by atoms with Gasteiger partial charge in [-0.05, 0) is 30.9 Å². The number of hydrogen-bond acceptors (Lipinski definition) is 1. The Labute approximate surface area is 98.9 Å². The molecule has 0 heterocycles. The van der Waals surface area contributed by atoms with Crippen LogP contribution < -0.4 is 0 Å². The van der Waals surface area contributed by atoms with Crippen molar-refractivity contribution in [3.8, 4) is 0 Å². The molecule has 0 saturated heterocycles. The van der Waals surface area contributed by atoms with Gasteiger partial charge in [-0.25, -0.2) is 0 Å². The van der Waals surface area contributed by atoms with Gasteiger partial charge in [-0.3, -0.25) is 4.79 Å². The van der Waals surface area contributed by atoms with E-state index in [0.29, 0.717) is 18.1 Å². The van der Waals surface area contributed by atoms with Crippen molar-refractivity contribution in [1.29, 1.82) is 0 Å². The molecule has 0 saturated carbocycles. The Morgan fingerprint density at radius 1 is 1.19 bits per heavy atom. The van der Waals surface area contributed by atoms with Crippen LogP contribution in [0.3, 0.4) is 0 Å². The summed E-state index contributed by atoms with van der Waals surface area (Å²) in [6, 6.07) is 6.31. The minimum absolute atomic E-state index is 0.153. The van der Waals surface area contributed by atoms with Crippen molar-refractivity contribution in [3.63, 3.8) is 0 Å². The molecule has 0 N–H and O–H groups in total. The van der Waals surface area contributed by atoms with E-state index in [1.54, 1.807) is 0 Å². The zero-order valence-corrected chi connectivity index (χ0v) is 11.0. The SMILES string of the molecule is Cc1ccc(C)c(CC(=O)C(C)C(C)C)c1. The van der Waals surface area contributed by atoms with Crippen LogP contribution in [0.5, 0.6) is 0 Å². The summed E-state index contributed by atoms with van der Waals surface area (Å²) >= 11 is 0. The van der Waals surface area contributed by atoms with E-state index in [1.807, 2.05) is 6.92 Å². The number of carbonyl (C=O) groups is 1. The number of carbonyl (C=O) groups excluding carboxylic acids is 1. The second-order valence-corrected chi connectivity index (χ2v) is 5.11. The van der Waals surface area contributed by atoms with E-state index < -0.39 is 0 Å². The van der Waals surface area contributed by atoms with Crippen molar-refractivity contribution < 1.29 is 4.79 Å². The van der Waals surface area contributed by atoms with Gasteiger partial charge in [0, 0.05) is 12.3 Å². The predicted octanol–water partition coefficient (Wildman–Crippen LogP) is 3.71. The second-order valence-electron chi connectivity index (χ2n) is 5.11. The molecular formula is C15H22O. The molecule has 0 amide bonds. The maximum absolute atomic E-state index is 12.0. The lowest BCUT2D eigenvalue weighted by atomic mass is 9.89. The maximum Gasteiger partial charge on any atom is 0.140 e. The molecule has 1 unspecified atom stereocenters. The minimum atomic E-state index is 0.153. The Morgan fingerprint density at radius 3 is 2.38 bits per heavy atom. The van der Waals surface area contributed by atoms with Gasteiger partial charge in [-0.2, -0.15) is 0 Å². The molecule has 1 aromatic carbocycles. The van der Waals surface area contributed by atoms with E-state index in [-0.39, 0.29) is 5.92 Å². The summed E-state index contributed by atoms with van der Waals surface area (Å²) in [7, 11) is 0. The Kier molecular flexibility index (Phi) is 4.28. The summed E-state index contributed by atoms with van der Waals surface area (Å²) in [5, 5.41) is 0. The van der Waals surface area contributed by atoms with Crippen LogP contribution in [0.1, 0.15) is 37.5 Å². The smallest absolute Gasteiger partial charge is 0.140 e. The molecular weight excluding hydrogens is 196 g/mol. The normalized spacial score (nSPS) is 12.9. The van der Waals surface area contributed by atoms with Crippen LogP contribution in [0.15, 0.2) is 18.2 Å². The first-order valence-electron chi connectivity index (χ1n) is 6.00. The summed E-state index contributed by atoms with van der Waals surface area (Å²) in [4.78, 5) is 12.0. The maximum atomic E-state index is 12.0. The molecule has 0 bridgehead atoms. The first-order valence-corrected chi connectivity index (χ1v) is 6.00. The Bertz CT molecular complexity index is 377. The summed E-state index contributed by atoms with van der Waals surface area (Å²) in [6.07, 6.45) is 0.576. The lowest BCUT2D eigenvalue weighted by Crippen LogP contribution is -2.19. The summed E-state index contributed by atoms with van der Waals surface area (Å²) in [5.74, 6) is 0.932. The molecule has 0 aliphatic rings. The Morgan fingerprint density at radius 2 is 1.81 bits per heavy atom. The minimum Gasteiger partial charge on any atom is -0.299 e. The second kappa shape index (κ2) is 5.29. The van der Waals surface area contributed by atoms with Crippen LogP contribution in [-0.2, 0) is 11.2 Å². The van der Waals surface area contributed by atoms with Gasteiger partial charge in [0.05, 0.1) is 0 Å². The van der Waals surface area contributed by atoms with Gasteiger partial charge < -0.3 is 0 Å². The third kappa shape index (κ3) is 3.19. The molecule has 0 fully saturated rings. The lowest BCUT2D eigenvalue weighted by Gasteiger charge is -2.15. The van der Waals surface area contributed by atoms with E-state index in [4.69, 9.17) is 0 Å². The summed E-state index contributed by atoms with van der Waals surface area (Å²) in [6.45, 7) is 10.4. The molecule has 1 aromatic rings. The highest BCUT2D eigenvalue weighted by molar-refractivity contribution is 5.83. The van der Waals surface area contributed by atoms with Gasteiger partial charge in [-0.15, -0.1) is 0 Å². The van der Waals surface area contributed by atoms with Gasteiger partial charge in [-0.1, -0.05) is 44.5 Å². The number of benzene rings is 1. The van der Waals surface area contributed by atoms with Crippen molar-refractivity contribution in [1.82, 2.24) is 0 Å². The number of aryl methyl sites for hydroxylation is 2. The van der Waals surface area contributed by atoms with Crippen LogP contribution in [-0.4, -0.2) is 5.78 Å². The van der Waals surface area contributed by atoms with Gasteiger partial charge in [0.15, 0.2) is 0 Å². The van der Waals surface area contributed by atoms with E-state index in [1.165, 1.54) is 16.7 Å². The highest BCUT2D eigenvalue weighted by Gasteiger charge is 2.17. The summed E-state index contributed by atoms with van der Waals surface area (Å²) < 4.78 is 0. The molecule has 1 rings (SSSR count). The van der Waals surface area contributed by atoms with Crippen molar-refractivity contribution in [2.75, 3.05) is 0 Å². The zero-order chi connectivity index (χ0) is 12.3. The first-order chi connectivity index (χ1) is 7.41. The monoisotopic (exact) mass is 218 g/mol. The average molecular weight is 218 g/mol. The lowest BCUT2D eigenvalue weighted by molar-refractivity contribution is -0.122. The molecule has 1 nitrogen and oxygen atoms in total. The van der Waals surface area contributed by atoms with E-state index in [2.05, 4.69) is 45.9 Å². The van der Waals surface area contributed by atoms with Crippen molar-refractivity contribution in [3.05, 3.63) is 34.9 Å². The highest BCUT2D eigenvalue weighted by Crippen LogP contribution is 2.17. The molecule has 0 aliphatic heterocycles. The van der Waals surface area contributed by atoms with Crippen molar-refractivity contribution in [2.24, 2.45) is 11.8 Å². The average Bonchev–Trinajstić information content (AvgIpc) is 2.22. The van der Waals surface area contributed by atoms with Crippen molar-refractivity contribution >= 4 is 5.78 Å². The van der Waals surface area contributed by atoms with Gasteiger partial charge >= 0.3 is 0 Å². The number of rotatable bonds is 4. The predicted molar refractivity (Wildman–Crippen MR) is 68.6 cm³/mol. The van der Waals surface area contributed by atoms with Crippen molar-refractivity contribution in [2.45, 2.75) is 41.0 Å². The third-order valence-electron chi connectivity index (χ3n) is 3.38. The van der Waals surface area contributed by atoms with Gasteiger partial charge in [0.2, 0.25) is 0 Å². The van der Waals surface area contributed by atoms with Crippen LogP contribution in [0.4, 0.5) is 0 Å². The van der Waals surface area contributed by atoms with E-state index >= 15 is 0 Å². The molecule has 0 aliphatic carbocycles. The van der Waals surface area contributed by atoms with Crippen LogP contribution in [0.25, 0.3) is 0 Å². The fraction of sp³-hybridized carbons (Fsp3) is 0.533. The zero-order valence-electron chi connectivity index (χ0n) is 11.0. The fourth-order valence-corrected chi connectivity index (χ4v) is 1.71. The fourth-order valence-electron chi connectivity index (χ4n) is 1.71. The molecule has 0 spiro atoms. The topological polar surface area (TPSA) is 17.1 Å². The standard InChI is InChI=1S/C15H22O/c1-10(2)13(5)15(16)9-14-8-11(3)6-7-12(14)4/h6-8,10,13H,9H2,1-5H3. The van der Waals surface area contributed by atoms with Crippen LogP contribution >= 0.6 is 0 Å². The highest BCUT2D eigenvalue weighted by atomic mass is 16.1. The molecule has 16 heavy (non-hydrogen) atoms. The summed E-state index contributed by atoms with van der Waals surface area (Å²) in [5.41, 5.74) is 3.62. The largest absolute Gasteiger partial charge is 0.299 e. The molecule has 0 aromatic heterocycles. The van der Waals surface area contributed by atoms with Gasteiger partial charge in [0.25, 0.3) is 0 Å². The molecule has 0 radical (unpaired) electrons. The van der Waals surface area contributed by atoms with E-state index in [9.17, 15) is 4.79 Å². The van der Waals surface area contributed by atoms with E-state index in [0.717, 1.165) is 0 Å².